The first-order valence-corrected chi connectivity index (χ1v) is 8.66. The number of benzene rings is 1. The molecule has 1 aliphatic rings. The Balaban J connectivity index is 1.73. The second kappa shape index (κ2) is 7.47. The van der Waals surface area contributed by atoms with Crippen molar-refractivity contribution < 1.29 is 9.59 Å². The summed E-state index contributed by atoms with van der Waals surface area (Å²) < 4.78 is 0. The predicted molar refractivity (Wildman–Crippen MR) is 97.7 cm³/mol. The van der Waals surface area contributed by atoms with Crippen molar-refractivity contribution in [1.29, 1.82) is 0 Å². The number of anilines is 1. The smallest absolute Gasteiger partial charge is 0.272 e. The van der Waals surface area contributed by atoms with E-state index >= 15 is 0 Å². The molecule has 1 saturated heterocycles. The molecule has 1 N–H and O–H groups in total. The average molecular weight is 337 g/mol. The van der Waals surface area contributed by atoms with E-state index in [-0.39, 0.29) is 11.8 Å². The van der Waals surface area contributed by atoms with E-state index in [1.807, 2.05) is 36.1 Å². The van der Waals surface area contributed by atoms with Gasteiger partial charge in [0, 0.05) is 30.5 Å². The van der Waals surface area contributed by atoms with Gasteiger partial charge in [-0.15, -0.1) is 0 Å². The first-order chi connectivity index (χ1) is 12.0. The number of carbonyl (C=O) groups is 2. The van der Waals surface area contributed by atoms with E-state index in [9.17, 15) is 9.59 Å². The van der Waals surface area contributed by atoms with Gasteiger partial charge in [0.15, 0.2) is 0 Å². The second-order valence-electron chi connectivity index (χ2n) is 6.75. The van der Waals surface area contributed by atoms with E-state index in [1.165, 1.54) is 6.20 Å². The quantitative estimate of drug-likeness (QED) is 0.932. The molecule has 0 bridgehead atoms. The molecule has 0 spiro atoms. The Morgan fingerprint density at radius 2 is 1.96 bits per heavy atom. The van der Waals surface area contributed by atoms with E-state index < -0.39 is 0 Å². The Hall–Kier alpha value is -2.69. The van der Waals surface area contributed by atoms with Crippen molar-refractivity contribution in [3.8, 4) is 0 Å². The highest BCUT2D eigenvalue weighted by molar-refractivity contribution is 6.05. The second-order valence-corrected chi connectivity index (χ2v) is 6.75. The molecular weight excluding hydrogens is 314 g/mol. The molecule has 1 aromatic carbocycles. The third-order valence-electron chi connectivity index (χ3n) is 4.49. The number of nitrogens with one attached hydrogen (secondary N) is 1. The molecule has 1 aliphatic heterocycles. The van der Waals surface area contributed by atoms with E-state index in [4.69, 9.17) is 0 Å². The van der Waals surface area contributed by atoms with Gasteiger partial charge in [0.1, 0.15) is 5.69 Å². The number of carbonyl (C=O) groups excluding carboxylic acids is 2. The van der Waals surface area contributed by atoms with Crippen LogP contribution < -0.4 is 5.32 Å². The molecule has 130 valence electrons. The minimum Gasteiger partial charge on any atom is -0.337 e. The number of likely N-dealkylation sites (tertiary alicyclic amines) is 1. The van der Waals surface area contributed by atoms with Crippen molar-refractivity contribution >= 4 is 17.5 Å². The van der Waals surface area contributed by atoms with Crippen LogP contribution >= 0.6 is 0 Å². The fourth-order valence-corrected chi connectivity index (χ4v) is 3.06. The molecule has 0 aliphatic carbocycles. The molecule has 1 atom stereocenters. The van der Waals surface area contributed by atoms with Crippen molar-refractivity contribution in [1.82, 2.24) is 9.88 Å². The van der Waals surface area contributed by atoms with Crippen LogP contribution in [-0.2, 0) is 0 Å². The van der Waals surface area contributed by atoms with E-state index in [0.717, 1.165) is 37.2 Å². The Morgan fingerprint density at radius 3 is 2.68 bits per heavy atom. The summed E-state index contributed by atoms with van der Waals surface area (Å²) in [6, 6.07) is 10.8. The molecular formula is C20H23N3O2. The molecule has 0 radical (unpaired) electrons. The van der Waals surface area contributed by atoms with Crippen LogP contribution in [0.1, 0.15) is 46.2 Å². The van der Waals surface area contributed by atoms with Gasteiger partial charge in [-0.3, -0.25) is 14.6 Å². The Bertz CT molecular complexity index is 771. The summed E-state index contributed by atoms with van der Waals surface area (Å²) >= 11 is 0. The van der Waals surface area contributed by atoms with Crippen molar-refractivity contribution in [3.05, 3.63) is 59.4 Å². The number of nitrogens with zero attached hydrogens (tertiary/aromatic N) is 2. The fourth-order valence-electron chi connectivity index (χ4n) is 3.06. The zero-order chi connectivity index (χ0) is 17.8. The Morgan fingerprint density at radius 1 is 1.20 bits per heavy atom. The SMILES string of the molecule is Cc1ccc(NC(=O)c2ccnc(C(=O)N3CCCC(C)C3)c2)cc1. The van der Waals surface area contributed by atoms with Crippen molar-refractivity contribution in [3.63, 3.8) is 0 Å². The monoisotopic (exact) mass is 337 g/mol. The molecule has 0 saturated carbocycles. The number of amides is 2. The third-order valence-corrected chi connectivity index (χ3v) is 4.49. The summed E-state index contributed by atoms with van der Waals surface area (Å²) in [4.78, 5) is 31.1. The first kappa shape index (κ1) is 17.1. The van der Waals surface area contributed by atoms with E-state index in [0.29, 0.717) is 17.2 Å². The summed E-state index contributed by atoms with van der Waals surface area (Å²) in [6.45, 7) is 5.65. The molecule has 5 heteroatoms. The first-order valence-electron chi connectivity index (χ1n) is 8.66. The highest BCUT2D eigenvalue weighted by Crippen LogP contribution is 2.18. The molecule has 2 heterocycles. The Labute approximate surface area is 148 Å². The number of rotatable bonds is 3. The number of hydrogen-bond acceptors (Lipinski definition) is 3. The van der Waals surface area contributed by atoms with Gasteiger partial charge in [-0.25, -0.2) is 0 Å². The van der Waals surface area contributed by atoms with Crippen LogP contribution in [0.15, 0.2) is 42.6 Å². The number of aryl methyl sites for hydroxylation is 1. The number of pyridine rings is 1. The molecule has 3 rings (SSSR count). The van der Waals surface area contributed by atoms with E-state index in [1.54, 1.807) is 12.1 Å². The summed E-state index contributed by atoms with van der Waals surface area (Å²) in [5.41, 5.74) is 2.62. The highest BCUT2D eigenvalue weighted by Gasteiger charge is 2.23. The van der Waals surface area contributed by atoms with Gasteiger partial charge in [-0.1, -0.05) is 24.6 Å². The molecule has 1 fully saturated rings. The largest absolute Gasteiger partial charge is 0.337 e. The lowest BCUT2D eigenvalue weighted by Gasteiger charge is -2.30. The molecule has 2 aromatic rings. The maximum absolute atomic E-state index is 12.6. The van der Waals surface area contributed by atoms with Crippen LogP contribution in [0.25, 0.3) is 0 Å². The molecule has 5 nitrogen and oxygen atoms in total. The number of piperidine rings is 1. The zero-order valence-corrected chi connectivity index (χ0v) is 14.7. The number of hydrogen-bond donors (Lipinski definition) is 1. The normalized spacial score (nSPS) is 17.2. The lowest BCUT2D eigenvalue weighted by Crippen LogP contribution is -2.39. The maximum atomic E-state index is 12.6. The van der Waals surface area contributed by atoms with Crippen LogP contribution in [0.5, 0.6) is 0 Å². The van der Waals surface area contributed by atoms with Gasteiger partial charge in [0.2, 0.25) is 0 Å². The summed E-state index contributed by atoms with van der Waals surface area (Å²) in [7, 11) is 0. The molecule has 2 amide bonds. The molecule has 1 unspecified atom stereocenters. The van der Waals surface area contributed by atoms with Gasteiger partial charge < -0.3 is 10.2 Å². The van der Waals surface area contributed by atoms with Crippen molar-refractivity contribution in [2.75, 3.05) is 18.4 Å². The van der Waals surface area contributed by atoms with Crippen LogP contribution in [-0.4, -0.2) is 34.8 Å². The zero-order valence-electron chi connectivity index (χ0n) is 14.7. The topological polar surface area (TPSA) is 62.3 Å². The van der Waals surface area contributed by atoms with Gasteiger partial charge in [-0.2, -0.15) is 0 Å². The van der Waals surface area contributed by atoms with Gasteiger partial charge >= 0.3 is 0 Å². The lowest BCUT2D eigenvalue weighted by molar-refractivity contribution is 0.0677. The maximum Gasteiger partial charge on any atom is 0.272 e. The van der Waals surface area contributed by atoms with Crippen LogP contribution in [0.4, 0.5) is 5.69 Å². The third kappa shape index (κ3) is 4.24. The van der Waals surface area contributed by atoms with Crippen LogP contribution in [0, 0.1) is 12.8 Å². The fraction of sp³-hybridized carbons (Fsp3) is 0.350. The minimum atomic E-state index is -0.243. The van der Waals surface area contributed by atoms with Gasteiger partial charge in [0.05, 0.1) is 0 Å². The van der Waals surface area contributed by atoms with Gasteiger partial charge in [0.25, 0.3) is 11.8 Å². The molecule has 25 heavy (non-hydrogen) atoms. The van der Waals surface area contributed by atoms with Crippen LogP contribution in [0.3, 0.4) is 0 Å². The standard InChI is InChI=1S/C20H23N3O2/c1-14-5-7-17(8-6-14)22-19(24)16-9-10-21-18(12-16)20(25)23-11-3-4-15(2)13-23/h5-10,12,15H,3-4,11,13H2,1-2H3,(H,22,24). The predicted octanol–water partition coefficient (Wildman–Crippen LogP) is 3.51. The average Bonchev–Trinajstić information content (AvgIpc) is 2.63. The van der Waals surface area contributed by atoms with Crippen LogP contribution in [0.2, 0.25) is 0 Å². The molecule has 1 aromatic heterocycles. The summed E-state index contributed by atoms with van der Waals surface area (Å²) in [6.07, 6.45) is 3.68. The Kier molecular flexibility index (Phi) is 5.12. The number of aromatic nitrogens is 1. The summed E-state index contributed by atoms with van der Waals surface area (Å²) in [5.74, 6) is 0.162. The minimum absolute atomic E-state index is 0.100. The van der Waals surface area contributed by atoms with Gasteiger partial charge in [-0.05, 0) is 49.9 Å². The van der Waals surface area contributed by atoms with Crippen molar-refractivity contribution in [2.24, 2.45) is 5.92 Å². The summed E-state index contributed by atoms with van der Waals surface area (Å²) in [5, 5.41) is 2.85. The van der Waals surface area contributed by atoms with E-state index in [2.05, 4.69) is 17.2 Å². The highest BCUT2D eigenvalue weighted by atomic mass is 16.2. The lowest BCUT2D eigenvalue weighted by atomic mass is 10.00. The van der Waals surface area contributed by atoms with Crippen molar-refractivity contribution in [2.45, 2.75) is 26.7 Å².